The Labute approximate surface area is 127 Å². The van der Waals surface area contributed by atoms with Crippen molar-refractivity contribution in [1.82, 2.24) is 10.2 Å². The molecule has 2 saturated heterocycles. The van der Waals surface area contributed by atoms with Crippen molar-refractivity contribution in [2.45, 2.75) is 31.6 Å². The first-order valence-electron chi connectivity index (χ1n) is 7.44. The smallest absolute Gasteiger partial charge is 0.253 e. The molecule has 20 heavy (non-hydrogen) atoms. The van der Waals surface area contributed by atoms with Crippen LogP contribution < -0.4 is 5.32 Å². The molecule has 0 spiro atoms. The summed E-state index contributed by atoms with van der Waals surface area (Å²) in [6.45, 7) is 4.06. The van der Waals surface area contributed by atoms with Crippen LogP contribution in [-0.2, 0) is 0 Å². The van der Waals surface area contributed by atoms with Gasteiger partial charge in [0.15, 0.2) is 0 Å². The molecule has 0 radical (unpaired) electrons. The Morgan fingerprint density at radius 2 is 1.80 bits per heavy atom. The molecule has 2 heterocycles. The molecular formula is C16H23ClN2O. The van der Waals surface area contributed by atoms with Crippen molar-refractivity contribution in [1.29, 1.82) is 0 Å². The number of piperidine rings is 1. The van der Waals surface area contributed by atoms with E-state index in [0.717, 1.165) is 44.6 Å². The fraction of sp³-hybridized carbons (Fsp3) is 0.562. The first kappa shape index (κ1) is 15.3. The Morgan fingerprint density at radius 1 is 1.10 bits per heavy atom. The van der Waals surface area contributed by atoms with Gasteiger partial charge in [-0.2, -0.15) is 0 Å². The summed E-state index contributed by atoms with van der Waals surface area (Å²) in [4.78, 5) is 14.2. The van der Waals surface area contributed by atoms with Crippen LogP contribution in [0.15, 0.2) is 24.3 Å². The maximum absolute atomic E-state index is 12.2. The van der Waals surface area contributed by atoms with Crippen LogP contribution in [0.5, 0.6) is 0 Å². The number of hydrogen-bond donors (Lipinski definition) is 1. The summed E-state index contributed by atoms with van der Waals surface area (Å²) in [5.74, 6) is 0.815. The highest BCUT2D eigenvalue weighted by atomic mass is 35.5. The molecule has 4 heteroatoms. The Morgan fingerprint density at radius 3 is 2.40 bits per heavy atom. The molecule has 0 aliphatic carbocycles. The number of amides is 1. The van der Waals surface area contributed by atoms with Crippen molar-refractivity contribution in [3.05, 3.63) is 35.4 Å². The van der Waals surface area contributed by atoms with Crippen molar-refractivity contribution in [3.8, 4) is 0 Å². The second-order valence-electron chi connectivity index (χ2n) is 5.66. The van der Waals surface area contributed by atoms with Gasteiger partial charge in [-0.25, -0.2) is 0 Å². The van der Waals surface area contributed by atoms with E-state index in [9.17, 15) is 4.79 Å². The predicted octanol–water partition coefficient (Wildman–Crippen LogP) is 2.81. The van der Waals surface area contributed by atoms with E-state index < -0.39 is 0 Å². The fourth-order valence-corrected chi connectivity index (χ4v) is 3.14. The molecule has 110 valence electrons. The number of nitrogens with one attached hydrogen (secondary N) is 1. The number of hydrogen-bond acceptors (Lipinski definition) is 2. The zero-order valence-electron chi connectivity index (χ0n) is 11.8. The summed E-state index contributed by atoms with van der Waals surface area (Å²) in [7, 11) is 0. The van der Waals surface area contributed by atoms with Crippen LogP contribution in [0.4, 0.5) is 0 Å². The van der Waals surface area contributed by atoms with Crippen molar-refractivity contribution in [2.75, 3.05) is 26.2 Å². The second kappa shape index (κ2) is 7.09. The topological polar surface area (TPSA) is 32.3 Å². The summed E-state index contributed by atoms with van der Waals surface area (Å²) in [6, 6.07) is 8.29. The summed E-state index contributed by atoms with van der Waals surface area (Å²) in [5.41, 5.74) is 2.21. The van der Waals surface area contributed by atoms with Gasteiger partial charge in [0.2, 0.25) is 0 Å². The normalized spacial score (nSPS) is 22.4. The van der Waals surface area contributed by atoms with E-state index in [0.29, 0.717) is 5.92 Å². The van der Waals surface area contributed by atoms with Crippen molar-refractivity contribution >= 4 is 18.3 Å². The maximum atomic E-state index is 12.2. The van der Waals surface area contributed by atoms with E-state index in [4.69, 9.17) is 0 Å². The van der Waals surface area contributed by atoms with Gasteiger partial charge in [-0.05, 0) is 55.8 Å². The highest BCUT2D eigenvalue weighted by molar-refractivity contribution is 5.94. The lowest BCUT2D eigenvalue weighted by Crippen LogP contribution is -2.29. The predicted molar refractivity (Wildman–Crippen MR) is 83.7 cm³/mol. The molecule has 2 fully saturated rings. The molecule has 3 rings (SSSR count). The molecule has 1 aromatic carbocycles. The zero-order valence-corrected chi connectivity index (χ0v) is 12.6. The van der Waals surface area contributed by atoms with Crippen LogP contribution in [0.1, 0.15) is 47.5 Å². The molecule has 2 aliphatic rings. The molecule has 1 unspecified atom stereocenters. The number of nitrogens with zero attached hydrogens (tertiary/aromatic N) is 1. The van der Waals surface area contributed by atoms with E-state index >= 15 is 0 Å². The lowest BCUT2D eigenvalue weighted by molar-refractivity contribution is 0.0793. The van der Waals surface area contributed by atoms with Gasteiger partial charge in [-0.3, -0.25) is 4.79 Å². The molecular weight excluding hydrogens is 272 g/mol. The first-order valence-corrected chi connectivity index (χ1v) is 7.44. The van der Waals surface area contributed by atoms with Gasteiger partial charge >= 0.3 is 0 Å². The third-order valence-electron chi connectivity index (χ3n) is 4.32. The third-order valence-corrected chi connectivity index (χ3v) is 4.32. The summed E-state index contributed by atoms with van der Waals surface area (Å²) >= 11 is 0. The Bertz CT molecular complexity index is 434. The minimum atomic E-state index is 0. The highest BCUT2D eigenvalue weighted by Crippen LogP contribution is 2.24. The average molecular weight is 295 g/mol. The summed E-state index contributed by atoms with van der Waals surface area (Å²) < 4.78 is 0. The number of likely N-dealkylation sites (tertiary alicyclic amines) is 1. The summed E-state index contributed by atoms with van der Waals surface area (Å²) in [5, 5.41) is 3.44. The molecule has 1 atom stereocenters. The van der Waals surface area contributed by atoms with Gasteiger partial charge in [0.25, 0.3) is 5.91 Å². The molecule has 0 saturated carbocycles. The van der Waals surface area contributed by atoms with Gasteiger partial charge in [0, 0.05) is 25.2 Å². The monoisotopic (exact) mass is 294 g/mol. The van der Waals surface area contributed by atoms with E-state index in [-0.39, 0.29) is 18.3 Å². The van der Waals surface area contributed by atoms with Crippen LogP contribution in [0, 0.1) is 0 Å². The van der Waals surface area contributed by atoms with Crippen LogP contribution in [-0.4, -0.2) is 37.0 Å². The number of benzene rings is 1. The van der Waals surface area contributed by atoms with Gasteiger partial charge in [-0.1, -0.05) is 12.1 Å². The minimum absolute atomic E-state index is 0. The van der Waals surface area contributed by atoms with E-state index in [2.05, 4.69) is 17.4 Å². The fourth-order valence-electron chi connectivity index (χ4n) is 3.14. The van der Waals surface area contributed by atoms with Crippen LogP contribution in [0.3, 0.4) is 0 Å². The number of carbonyl (C=O) groups is 1. The van der Waals surface area contributed by atoms with Crippen molar-refractivity contribution in [2.24, 2.45) is 0 Å². The maximum Gasteiger partial charge on any atom is 0.253 e. The zero-order chi connectivity index (χ0) is 13.1. The molecule has 2 aliphatic heterocycles. The first-order chi connectivity index (χ1) is 9.34. The summed E-state index contributed by atoms with van der Waals surface area (Å²) in [6.07, 6.45) is 4.81. The van der Waals surface area contributed by atoms with Gasteiger partial charge < -0.3 is 10.2 Å². The van der Waals surface area contributed by atoms with Crippen LogP contribution in [0.2, 0.25) is 0 Å². The van der Waals surface area contributed by atoms with Crippen molar-refractivity contribution in [3.63, 3.8) is 0 Å². The lowest BCUT2D eigenvalue weighted by atomic mass is 9.91. The lowest BCUT2D eigenvalue weighted by Gasteiger charge is -2.23. The standard InChI is InChI=1S/C16H22N2O.ClH/c19-16(18-10-1-2-11-18)14-7-5-13(6-8-14)15-4-3-9-17-12-15;/h5-8,15,17H,1-4,9-12H2;1H. The SMILES string of the molecule is Cl.O=C(c1ccc(C2CCCNC2)cc1)N1CCCC1. The Kier molecular flexibility index (Phi) is 5.44. The van der Waals surface area contributed by atoms with E-state index in [1.165, 1.54) is 18.4 Å². The number of halogens is 1. The van der Waals surface area contributed by atoms with Crippen molar-refractivity contribution < 1.29 is 4.79 Å². The molecule has 1 amide bonds. The van der Waals surface area contributed by atoms with Gasteiger partial charge in [-0.15, -0.1) is 12.4 Å². The van der Waals surface area contributed by atoms with Gasteiger partial charge in [0.05, 0.1) is 0 Å². The molecule has 0 bridgehead atoms. The molecule has 0 aromatic heterocycles. The van der Waals surface area contributed by atoms with Crippen LogP contribution in [0.25, 0.3) is 0 Å². The number of rotatable bonds is 2. The van der Waals surface area contributed by atoms with Gasteiger partial charge in [0.1, 0.15) is 0 Å². The van der Waals surface area contributed by atoms with E-state index in [1.54, 1.807) is 0 Å². The molecule has 3 nitrogen and oxygen atoms in total. The minimum Gasteiger partial charge on any atom is -0.339 e. The largest absolute Gasteiger partial charge is 0.339 e. The van der Waals surface area contributed by atoms with Crippen LogP contribution >= 0.6 is 12.4 Å². The number of carbonyl (C=O) groups excluding carboxylic acids is 1. The van der Waals surface area contributed by atoms with E-state index in [1.807, 2.05) is 17.0 Å². The Hall–Kier alpha value is -1.06. The Balaban J connectivity index is 0.00000147. The highest BCUT2D eigenvalue weighted by Gasteiger charge is 2.20. The third kappa shape index (κ3) is 3.33. The quantitative estimate of drug-likeness (QED) is 0.910. The molecule has 1 N–H and O–H groups in total. The average Bonchev–Trinajstić information content (AvgIpc) is 3.02. The second-order valence-corrected chi connectivity index (χ2v) is 5.66. The molecule has 1 aromatic rings.